The Labute approximate surface area is 96.8 Å². The number of carbonyl (C=O) groups is 1. The molecule has 0 spiro atoms. The van der Waals surface area contributed by atoms with Gasteiger partial charge in [0.05, 0.1) is 7.11 Å². The first-order valence-corrected chi connectivity index (χ1v) is 5.47. The number of benzene rings is 1. The lowest BCUT2D eigenvalue weighted by molar-refractivity contribution is -0.121. The van der Waals surface area contributed by atoms with Crippen LogP contribution in [0, 0.1) is 5.92 Å². The molecule has 1 rings (SSSR count). The molecule has 0 aliphatic rings. The predicted octanol–water partition coefficient (Wildman–Crippen LogP) is 1.66. The van der Waals surface area contributed by atoms with Crippen LogP contribution in [0.3, 0.4) is 0 Å². The van der Waals surface area contributed by atoms with Gasteiger partial charge in [-0.1, -0.05) is 19.1 Å². The number of hydrogen-bond donors (Lipinski definition) is 1. The third-order valence-corrected chi connectivity index (χ3v) is 2.57. The van der Waals surface area contributed by atoms with Gasteiger partial charge in [0.1, 0.15) is 11.5 Å². The highest BCUT2D eigenvalue weighted by atomic mass is 16.5. The summed E-state index contributed by atoms with van der Waals surface area (Å²) in [5, 5.41) is 3.01. The smallest absolute Gasteiger partial charge is 0.141 e. The first kappa shape index (κ1) is 12.7. The van der Waals surface area contributed by atoms with Gasteiger partial charge in [-0.05, 0) is 24.7 Å². The molecule has 0 saturated heterocycles. The van der Waals surface area contributed by atoms with Gasteiger partial charge >= 0.3 is 0 Å². The molecule has 0 aromatic heterocycles. The van der Waals surface area contributed by atoms with E-state index < -0.39 is 0 Å². The van der Waals surface area contributed by atoms with Gasteiger partial charge in [0.2, 0.25) is 0 Å². The summed E-state index contributed by atoms with van der Waals surface area (Å²) in [6.07, 6.45) is 0.472. The Bertz CT molecular complexity index is 350. The molecule has 1 aromatic rings. The van der Waals surface area contributed by atoms with Gasteiger partial charge in [0, 0.05) is 18.9 Å². The van der Waals surface area contributed by atoms with E-state index in [9.17, 15) is 4.79 Å². The van der Waals surface area contributed by atoms with Crippen molar-refractivity contribution in [3.8, 4) is 5.75 Å². The lowest BCUT2D eigenvalue weighted by Gasteiger charge is -2.10. The van der Waals surface area contributed by atoms with E-state index in [-0.39, 0.29) is 11.7 Å². The number of methoxy groups -OCH3 is 1. The lowest BCUT2D eigenvalue weighted by atomic mass is 9.99. The van der Waals surface area contributed by atoms with Crippen LogP contribution in [-0.2, 0) is 11.2 Å². The Morgan fingerprint density at radius 2 is 2.25 bits per heavy atom. The van der Waals surface area contributed by atoms with Crippen molar-refractivity contribution in [2.24, 2.45) is 5.92 Å². The largest absolute Gasteiger partial charge is 0.497 e. The van der Waals surface area contributed by atoms with Crippen molar-refractivity contribution in [3.05, 3.63) is 29.8 Å². The molecule has 16 heavy (non-hydrogen) atoms. The van der Waals surface area contributed by atoms with Crippen molar-refractivity contribution >= 4 is 5.78 Å². The van der Waals surface area contributed by atoms with Crippen LogP contribution in [0.4, 0.5) is 0 Å². The minimum absolute atomic E-state index is 0.0520. The highest BCUT2D eigenvalue weighted by Crippen LogP contribution is 2.14. The number of nitrogens with one attached hydrogen (secondary N) is 1. The number of hydrogen-bond acceptors (Lipinski definition) is 3. The van der Waals surface area contributed by atoms with E-state index in [0.29, 0.717) is 6.42 Å². The topological polar surface area (TPSA) is 38.3 Å². The van der Waals surface area contributed by atoms with E-state index in [1.165, 1.54) is 0 Å². The minimum atomic E-state index is 0.0520. The van der Waals surface area contributed by atoms with Gasteiger partial charge in [-0.2, -0.15) is 0 Å². The molecule has 0 bridgehead atoms. The quantitative estimate of drug-likeness (QED) is 0.794. The maximum absolute atomic E-state index is 11.8. The van der Waals surface area contributed by atoms with Crippen LogP contribution in [0.15, 0.2) is 24.3 Å². The van der Waals surface area contributed by atoms with E-state index in [1.807, 2.05) is 38.2 Å². The first-order chi connectivity index (χ1) is 7.67. The molecule has 0 radical (unpaired) electrons. The summed E-state index contributed by atoms with van der Waals surface area (Å²) < 4.78 is 5.12. The van der Waals surface area contributed by atoms with E-state index in [1.54, 1.807) is 7.11 Å². The average Bonchev–Trinajstić information content (AvgIpc) is 2.29. The number of Topliss-reactive ketones (excluding diaryl/α,β-unsaturated/α-hetero) is 1. The number of ether oxygens (including phenoxy) is 1. The number of ketones is 1. The summed E-state index contributed by atoms with van der Waals surface area (Å²) >= 11 is 0. The van der Waals surface area contributed by atoms with Gasteiger partial charge in [-0.15, -0.1) is 0 Å². The SMILES string of the molecule is CNCC(C)C(=O)Cc1cccc(OC)c1. The third-order valence-electron chi connectivity index (χ3n) is 2.57. The normalized spacial score (nSPS) is 12.2. The Balaban J connectivity index is 2.61. The van der Waals surface area contributed by atoms with Crippen LogP contribution in [-0.4, -0.2) is 26.5 Å². The maximum Gasteiger partial charge on any atom is 0.141 e. The van der Waals surface area contributed by atoms with E-state index in [0.717, 1.165) is 17.9 Å². The molecule has 3 heteroatoms. The van der Waals surface area contributed by atoms with E-state index in [4.69, 9.17) is 4.74 Å². The molecule has 1 atom stereocenters. The number of carbonyl (C=O) groups excluding carboxylic acids is 1. The predicted molar refractivity (Wildman–Crippen MR) is 64.8 cm³/mol. The van der Waals surface area contributed by atoms with Crippen LogP contribution in [0.2, 0.25) is 0 Å². The fraction of sp³-hybridized carbons (Fsp3) is 0.462. The van der Waals surface area contributed by atoms with Crippen molar-refractivity contribution in [2.75, 3.05) is 20.7 Å². The van der Waals surface area contributed by atoms with Gasteiger partial charge in [-0.25, -0.2) is 0 Å². The molecular formula is C13H19NO2. The Hall–Kier alpha value is -1.35. The summed E-state index contributed by atoms with van der Waals surface area (Å²) in [4.78, 5) is 11.8. The number of rotatable bonds is 6. The monoisotopic (exact) mass is 221 g/mol. The highest BCUT2D eigenvalue weighted by Gasteiger charge is 2.12. The van der Waals surface area contributed by atoms with Crippen LogP contribution >= 0.6 is 0 Å². The van der Waals surface area contributed by atoms with Gasteiger partial charge in [-0.3, -0.25) is 4.79 Å². The zero-order chi connectivity index (χ0) is 12.0. The van der Waals surface area contributed by atoms with Crippen molar-refractivity contribution in [1.29, 1.82) is 0 Å². The maximum atomic E-state index is 11.8. The van der Waals surface area contributed by atoms with Crippen LogP contribution in [0.1, 0.15) is 12.5 Å². The fourth-order valence-corrected chi connectivity index (χ4v) is 1.58. The summed E-state index contributed by atoms with van der Waals surface area (Å²) in [7, 11) is 3.49. The van der Waals surface area contributed by atoms with Gasteiger partial charge < -0.3 is 10.1 Å². The molecule has 0 amide bonds. The van der Waals surface area contributed by atoms with Crippen molar-refractivity contribution in [2.45, 2.75) is 13.3 Å². The summed E-state index contributed by atoms with van der Waals surface area (Å²) in [6.45, 7) is 2.67. The van der Waals surface area contributed by atoms with Gasteiger partial charge in [0.25, 0.3) is 0 Å². The lowest BCUT2D eigenvalue weighted by Crippen LogP contribution is -2.24. The molecule has 0 saturated carbocycles. The van der Waals surface area contributed by atoms with E-state index in [2.05, 4.69) is 5.32 Å². The summed E-state index contributed by atoms with van der Waals surface area (Å²) in [5.74, 6) is 1.10. The zero-order valence-corrected chi connectivity index (χ0v) is 10.1. The minimum Gasteiger partial charge on any atom is -0.497 e. The van der Waals surface area contributed by atoms with Crippen LogP contribution in [0.25, 0.3) is 0 Å². The summed E-state index contributed by atoms with van der Waals surface area (Å²) in [6, 6.07) is 7.64. The van der Waals surface area contributed by atoms with Crippen molar-refractivity contribution in [3.63, 3.8) is 0 Å². The molecular weight excluding hydrogens is 202 g/mol. The second-order valence-electron chi connectivity index (χ2n) is 3.95. The van der Waals surface area contributed by atoms with Crippen LogP contribution < -0.4 is 10.1 Å². The Morgan fingerprint density at radius 3 is 2.88 bits per heavy atom. The molecule has 0 heterocycles. The summed E-state index contributed by atoms with van der Waals surface area (Å²) in [5.41, 5.74) is 1.01. The molecule has 1 N–H and O–H groups in total. The van der Waals surface area contributed by atoms with Crippen molar-refractivity contribution in [1.82, 2.24) is 5.32 Å². The standard InChI is InChI=1S/C13H19NO2/c1-10(9-14-2)13(15)8-11-5-4-6-12(7-11)16-3/h4-7,10,14H,8-9H2,1-3H3. The highest BCUT2D eigenvalue weighted by molar-refractivity contribution is 5.83. The molecule has 3 nitrogen and oxygen atoms in total. The second kappa shape index (κ2) is 6.28. The molecule has 0 aliphatic carbocycles. The first-order valence-electron chi connectivity index (χ1n) is 5.47. The molecule has 88 valence electrons. The molecule has 1 aromatic carbocycles. The second-order valence-corrected chi connectivity index (χ2v) is 3.95. The van der Waals surface area contributed by atoms with E-state index >= 15 is 0 Å². The Kier molecular flexibility index (Phi) is 4.99. The third kappa shape index (κ3) is 3.66. The Morgan fingerprint density at radius 1 is 1.50 bits per heavy atom. The average molecular weight is 221 g/mol. The zero-order valence-electron chi connectivity index (χ0n) is 10.1. The van der Waals surface area contributed by atoms with Gasteiger partial charge in [0.15, 0.2) is 0 Å². The molecule has 1 unspecified atom stereocenters. The van der Waals surface area contributed by atoms with Crippen LogP contribution in [0.5, 0.6) is 5.75 Å². The van der Waals surface area contributed by atoms with Crippen molar-refractivity contribution < 1.29 is 9.53 Å². The fourth-order valence-electron chi connectivity index (χ4n) is 1.58. The molecule has 0 fully saturated rings. The molecule has 0 aliphatic heterocycles.